The van der Waals surface area contributed by atoms with Crippen LogP contribution in [-0.4, -0.2) is 22.5 Å². The number of hydrogen-bond donors (Lipinski definition) is 1. The molecule has 0 amide bonds. The molecule has 4 nitrogen and oxygen atoms in total. The summed E-state index contributed by atoms with van der Waals surface area (Å²) >= 11 is 3.38. The van der Waals surface area contributed by atoms with Crippen molar-refractivity contribution in [1.82, 2.24) is 4.72 Å². The molecule has 3 rings (SSSR count). The van der Waals surface area contributed by atoms with Crippen LogP contribution in [0, 0.1) is 0 Å². The van der Waals surface area contributed by atoms with E-state index >= 15 is 0 Å². The Labute approximate surface area is 156 Å². The average molecular weight is 419 g/mol. The molecule has 0 aliphatic heterocycles. The van der Waals surface area contributed by atoms with Crippen molar-refractivity contribution in [2.24, 2.45) is 0 Å². The van der Waals surface area contributed by atoms with Crippen LogP contribution in [0.1, 0.15) is 5.56 Å². The lowest BCUT2D eigenvalue weighted by molar-refractivity contribution is 0.582. The fourth-order valence-corrected chi connectivity index (χ4v) is 4.25. The van der Waals surface area contributed by atoms with E-state index in [9.17, 15) is 8.42 Å². The minimum atomic E-state index is -3.62. The van der Waals surface area contributed by atoms with Crippen molar-refractivity contribution in [1.29, 1.82) is 0 Å². The first-order valence-electron chi connectivity index (χ1n) is 7.82. The van der Waals surface area contributed by atoms with Gasteiger partial charge in [-0.05, 0) is 29.8 Å². The zero-order valence-electron chi connectivity index (χ0n) is 14.0. The molecule has 0 aromatic heterocycles. The van der Waals surface area contributed by atoms with Crippen LogP contribution < -0.4 is 9.62 Å². The highest BCUT2D eigenvalue weighted by molar-refractivity contribution is 9.10. The fraction of sp³-hybridized carbons (Fsp3) is 0.158. The number of nitrogens with one attached hydrogen (secondary N) is 1. The Morgan fingerprint density at radius 1 is 0.920 bits per heavy atom. The monoisotopic (exact) mass is 418 g/mol. The van der Waals surface area contributed by atoms with Crippen molar-refractivity contribution in [2.45, 2.75) is 11.4 Å². The highest BCUT2D eigenvalue weighted by Gasteiger charge is 2.18. The third kappa shape index (κ3) is 3.86. The first kappa shape index (κ1) is 17.9. The molecule has 0 unspecified atom stereocenters. The predicted octanol–water partition coefficient (Wildman–Crippen LogP) is 4.15. The quantitative estimate of drug-likeness (QED) is 0.676. The maximum absolute atomic E-state index is 12.8. The zero-order valence-corrected chi connectivity index (χ0v) is 16.4. The topological polar surface area (TPSA) is 49.4 Å². The van der Waals surface area contributed by atoms with E-state index in [0.717, 1.165) is 26.5 Å². The molecule has 0 saturated carbocycles. The standard InChI is InChI=1S/C19H19BrN2O2S/c1-22(2)18-7-3-6-17-16(18)5-4-8-19(17)25(23,24)21-13-14-9-11-15(20)12-10-14/h3-12,21H,13H2,1-2H3. The fourth-order valence-electron chi connectivity index (χ4n) is 2.75. The molecule has 0 fully saturated rings. The highest BCUT2D eigenvalue weighted by Crippen LogP contribution is 2.30. The normalized spacial score (nSPS) is 11.6. The summed E-state index contributed by atoms with van der Waals surface area (Å²) in [5.74, 6) is 0. The van der Waals surface area contributed by atoms with Gasteiger partial charge in [0.2, 0.25) is 10.0 Å². The van der Waals surface area contributed by atoms with E-state index in [1.807, 2.05) is 67.5 Å². The molecule has 0 bridgehead atoms. The number of benzene rings is 3. The number of sulfonamides is 1. The molecular weight excluding hydrogens is 400 g/mol. The summed E-state index contributed by atoms with van der Waals surface area (Å²) in [5, 5.41) is 1.64. The van der Waals surface area contributed by atoms with Crippen LogP contribution in [-0.2, 0) is 16.6 Å². The van der Waals surface area contributed by atoms with Gasteiger partial charge in [-0.25, -0.2) is 13.1 Å². The summed E-state index contributed by atoms with van der Waals surface area (Å²) in [7, 11) is 0.274. The Hall–Kier alpha value is -1.89. The third-order valence-electron chi connectivity index (χ3n) is 4.01. The van der Waals surface area contributed by atoms with Crippen molar-refractivity contribution < 1.29 is 8.42 Å². The Balaban J connectivity index is 1.97. The van der Waals surface area contributed by atoms with Gasteiger partial charge >= 0.3 is 0 Å². The second kappa shape index (κ2) is 7.15. The van der Waals surface area contributed by atoms with Crippen molar-refractivity contribution in [3.05, 3.63) is 70.7 Å². The summed E-state index contributed by atoms with van der Waals surface area (Å²) in [6.07, 6.45) is 0. The maximum Gasteiger partial charge on any atom is 0.241 e. The van der Waals surface area contributed by atoms with Crippen LogP contribution in [0.15, 0.2) is 70.0 Å². The third-order valence-corrected chi connectivity index (χ3v) is 6.00. The molecule has 3 aromatic carbocycles. The van der Waals surface area contributed by atoms with Crippen molar-refractivity contribution in [3.63, 3.8) is 0 Å². The van der Waals surface area contributed by atoms with Gasteiger partial charge in [0.1, 0.15) is 0 Å². The number of nitrogens with zero attached hydrogens (tertiary/aromatic N) is 1. The van der Waals surface area contributed by atoms with Gasteiger partial charge in [-0.2, -0.15) is 0 Å². The van der Waals surface area contributed by atoms with Gasteiger partial charge in [0.15, 0.2) is 0 Å². The number of hydrogen-bond acceptors (Lipinski definition) is 3. The summed E-state index contributed by atoms with van der Waals surface area (Å²) in [6.45, 7) is 0.249. The van der Waals surface area contributed by atoms with Crippen LogP contribution in [0.5, 0.6) is 0 Å². The van der Waals surface area contributed by atoms with Crippen molar-refractivity contribution >= 4 is 42.4 Å². The Kier molecular flexibility index (Phi) is 5.13. The summed E-state index contributed by atoms with van der Waals surface area (Å²) in [4.78, 5) is 2.28. The lowest BCUT2D eigenvalue weighted by Gasteiger charge is -2.17. The summed E-state index contributed by atoms with van der Waals surface area (Å²) < 4.78 is 29.3. The minimum absolute atomic E-state index is 0.249. The largest absolute Gasteiger partial charge is 0.377 e. The van der Waals surface area contributed by atoms with Crippen LogP contribution in [0.2, 0.25) is 0 Å². The molecule has 1 N–H and O–H groups in total. The smallest absolute Gasteiger partial charge is 0.241 e. The van der Waals surface area contributed by atoms with Crippen LogP contribution in [0.3, 0.4) is 0 Å². The van der Waals surface area contributed by atoms with E-state index in [1.54, 1.807) is 12.1 Å². The van der Waals surface area contributed by atoms with Crippen LogP contribution in [0.4, 0.5) is 5.69 Å². The van der Waals surface area contributed by atoms with Crippen LogP contribution in [0.25, 0.3) is 10.8 Å². The number of rotatable bonds is 5. The van der Waals surface area contributed by atoms with E-state index in [-0.39, 0.29) is 6.54 Å². The Morgan fingerprint density at radius 2 is 1.56 bits per heavy atom. The van der Waals surface area contributed by atoms with Crippen LogP contribution >= 0.6 is 15.9 Å². The molecule has 0 aliphatic carbocycles. The molecule has 130 valence electrons. The lowest BCUT2D eigenvalue weighted by Crippen LogP contribution is -2.23. The molecular formula is C19H19BrN2O2S. The maximum atomic E-state index is 12.8. The second-order valence-electron chi connectivity index (χ2n) is 5.97. The van der Waals surface area contributed by atoms with Gasteiger partial charge in [0, 0.05) is 41.6 Å². The molecule has 0 atom stereocenters. The molecule has 6 heteroatoms. The van der Waals surface area contributed by atoms with E-state index in [1.165, 1.54) is 0 Å². The first-order valence-corrected chi connectivity index (χ1v) is 10.1. The van der Waals surface area contributed by atoms with E-state index < -0.39 is 10.0 Å². The zero-order chi connectivity index (χ0) is 18.0. The van der Waals surface area contributed by atoms with Crippen molar-refractivity contribution in [3.8, 4) is 0 Å². The van der Waals surface area contributed by atoms with Gasteiger partial charge in [-0.3, -0.25) is 0 Å². The van der Waals surface area contributed by atoms with Gasteiger partial charge in [-0.1, -0.05) is 52.3 Å². The van der Waals surface area contributed by atoms with E-state index in [2.05, 4.69) is 20.7 Å². The first-order chi connectivity index (χ1) is 11.9. The van der Waals surface area contributed by atoms with Gasteiger partial charge < -0.3 is 4.90 Å². The number of fused-ring (bicyclic) bond motifs is 1. The second-order valence-corrected chi connectivity index (χ2v) is 8.62. The molecule has 0 heterocycles. The lowest BCUT2D eigenvalue weighted by atomic mass is 10.1. The van der Waals surface area contributed by atoms with E-state index in [0.29, 0.717) is 4.90 Å². The summed E-state index contributed by atoms with van der Waals surface area (Å²) in [5.41, 5.74) is 1.89. The molecule has 0 radical (unpaired) electrons. The Bertz CT molecular complexity index is 1000. The van der Waals surface area contributed by atoms with Gasteiger partial charge in [0.25, 0.3) is 0 Å². The molecule has 0 spiro atoms. The van der Waals surface area contributed by atoms with Crippen molar-refractivity contribution in [2.75, 3.05) is 19.0 Å². The average Bonchev–Trinajstić information content (AvgIpc) is 2.60. The number of halogens is 1. The summed E-state index contributed by atoms with van der Waals surface area (Å²) in [6, 6.07) is 18.6. The predicted molar refractivity (Wildman–Crippen MR) is 106 cm³/mol. The SMILES string of the molecule is CN(C)c1cccc2c(S(=O)(=O)NCc3ccc(Br)cc3)cccc12. The van der Waals surface area contributed by atoms with E-state index in [4.69, 9.17) is 0 Å². The van der Waals surface area contributed by atoms with Gasteiger partial charge in [0.05, 0.1) is 4.90 Å². The highest BCUT2D eigenvalue weighted by atomic mass is 79.9. The van der Waals surface area contributed by atoms with Gasteiger partial charge in [-0.15, -0.1) is 0 Å². The number of anilines is 1. The molecule has 0 aliphatic rings. The minimum Gasteiger partial charge on any atom is -0.377 e. The molecule has 3 aromatic rings. The molecule has 25 heavy (non-hydrogen) atoms. The molecule has 0 saturated heterocycles. The Morgan fingerprint density at radius 3 is 2.24 bits per heavy atom.